The first-order valence-electron chi connectivity index (χ1n) is 14.9. The summed E-state index contributed by atoms with van der Waals surface area (Å²) < 4.78 is 11.3. The van der Waals surface area contributed by atoms with Crippen molar-refractivity contribution in [1.82, 2.24) is 20.5 Å². The molecule has 2 fully saturated rings. The summed E-state index contributed by atoms with van der Waals surface area (Å²) in [7, 11) is 1.59. The minimum absolute atomic E-state index is 0.0541. The second kappa shape index (κ2) is 13.0. The summed E-state index contributed by atoms with van der Waals surface area (Å²) in [5.41, 5.74) is 3.12. The lowest BCUT2D eigenvalue weighted by Crippen LogP contribution is -2.54. The van der Waals surface area contributed by atoms with E-state index in [4.69, 9.17) is 9.47 Å². The van der Waals surface area contributed by atoms with Gasteiger partial charge in [0.15, 0.2) is 0 Å². The lowest BCUT2D eigenvalue weighted by Gasteiger charge is -2.42. The predicted octanol–water partition coefficient (Wildman–Crippen LogP) is 6.71. The van der Waals surface area contributed by atoms with Crippen molar-refractivity contribution >= 4 is 17.7 Å². The Hall–Kier alpha value is -3.10. The minimum atomic E-state index is -0.704. The molecular weight excluding hydrogens is 506 g/mol. The van der Waals surface area contributed by atoms with Crippen LogP contribution in [0, 0.1) is 31.6 Å². The van der Waals surface area contributed by atoms with E-state index in [1.54, 1.807) is 19.4 Å². The van der Waals surface area contributed by atoms with Gasteiger partial charge in [-0.15, -0.1) is 0 Å². The van der Waals surface area contributed by atoms with Crippen molar-refractivity contribution in [2.24, 2.45) is 17.8 Å². The molecule has 0 saturated heterocycles. The molecule has 2 aliphatic rings. The molecule has 4 rings (SSSR count). The molecule has 2 aromatic heterocycles. The summed E-state index contributed by atoms with van der Waals surface area (Å²) in [6.07, 6.45) is 12.6. The highest BCUT2D eigenvalue weighted by Gasteiger charge is 2.41. The van der Waals surface area contributed by atoms with Gasteiger partial charge in [-0.3, -0.25) is 14.9 Å². The Labute approximate surface area is 238 Å². The van der Waals surface area contributed by atoms with Crippen molar-refractivity contribution in [1.29, 1.82) is 0 Å². The number of nitrogens with one attached hydrogen (secondary N) is 3. The first-order chi connectivity index (χ1) is 19.1. The third kappa shape index (κ3) is 7.34. The smallest absolute Gasteiger partial charge is 0.408 e. The zero-order valence-corrected chi connectivity index (χ0v) is 25.1. The fourth-order valence-corrected chi connectivity index (χ4v) is 6.71. The highest BCUT2D eigenvalue weighted by atomic mass is 16.6. The molecule has 220 valence electrons. The van der Waals surface area contributed by atoms with Gasteiger partial charge in [-0.2, -0.15) is 5.10 Å². The largest absolute Gasteiger partial charge is 0.494 e. The number of carbonyl (C=O) groups excluding carboxylic acids is 2. The molecule has 2 heterocycles. The van der Waals surface area contributed by atoms with Gasteiger partial charge < -0.3 is 20.1 Å². The van der Waals surface area contributed by atoms with E-state index < -0.39 is 17.7 Å². The van der Waals surface area contributed by atoms with E-state index in [-0.39, 0.29) is 11.8 Å². The molecule has 0 bridgehead atoms. The SMILES string of the molecule is COc1cc(NC(=O)[C@@H](NC(=O)OC(C)(C)C)C(C2CCCCC2)C2CCCCC2)cnc1-c1c(C)n[nH]c1C. The second-order valence-electron chi connectivity index (χ2n) is 12.6. The van der Waals surface area contributed by atoms with Gasteiger partial charge in [0, 0.05) is 17.3 Å². The van der Waals surface area contributed by atoms with Crippen LogP contribution in [0.3, 0.4) is 0 Å². The Bertz CT molecular complexity index is 1120. The molecule has 0 spiro atoms. The number of rotatable bonds is 8. The molecule has 3 N–H and O–H groups in total. The van der Waals surface area contributed by atoms with Crippen LogP contribution in [0.1, 0.15) is 96.4 Å². The zero-order chi connectivity index (χ0) is 28.9. The van der Waals surface area contributed by atoms with Crippen LogP contribution in [0.15, 0.2) is 12.3 Å². The van der Waals surface area contributed by atoms with Gasteiger partial charge in [-0.05, 0) is 52.4 Å². The van der Waals surface area contributed by atoms with E-state index in [1.165, 1.54) is 38.5 Å². The normalized spacial score (nSPS) is 17.9. The highest BCUT2D eigenvalue weighted by molar-refractivity contribution is 5.97. The first kappa shape index (κ1) is 29.9. The van der Waals surface area contributed by atoms with E-state index >= 15 is 0 Å². The van der Waals surface area contributed by atoms with Gasteiger partial charge in [0.25, 0.3) is 0 Å². The summed E-state index contributed by atoms with van der Waals surface area (Å²) in [6, 6.07) is 1.08. The molecule has 2 aliphatic carbocycles. The number of hydrogen-bond donors (Lipinski definition) is 3. The fraction of sp³-hybridized carbons (Fsp3) is 0.677. The Morgan fingerprint density at radius 3 is 2.10 bits per heavy atom. The van der Waals surface area contributed by atoms with Crippen molar-refractivity contribution in [3.05, 3.63) is 23.7 Å². The van der Waals surface area contributed by atoms with Crippen LogP contribution >= 0.6 is 0 Å². The maximum atomic E-state index is 14.1. The number of pyridine rings is 1. The van der Waals surface area contributed by atoms with E-state index in [2.05, 4.69) is 25.8 Å². The van der Waals surface area contributed by atoms with Crippen molar-refractivity contribution in [2.75, 3.05) is 12.4 Å². The maximum absolute atomic E-state index is 14.1. The summed E-state index contributed by atoms with van der Waals surface area (Å²) in [4.78, 5) is 31.8. The number of nitrogens with zero attached hydrogens (tertiary/aromatic N) is 2. The molecule has 0 aliphatic heterocycles. The number of H-pyrrole nitrogens is 1. The van der Waals surface area contributed by atoms with Crippen LogP contribution in [0.4, 0.5) is 10.5 Å². The van der Waals surface area contributed by atoms with Gasteiger partial charge in [-0.1, -0.05) is 64.2 Å². The average Bonchev–Trinajstić information content (AvgIpc) is 3.25. The summed E-state index contributed by atoms with van der Waals surface area (Å²) in [5.74, 6) is 1.14. The number of methoxy groups -OCH3 is 1. The van der Waals surface area contributed by atoms with E-state index in [0.717, 1.165) is 42.6 Å². The zero-order valence-electron chi connectivity index (χ0n) is 25.1. The van der Waals surface area contributed by atoms with Gasteiger partial charge in [0.2, 0.25) is 5.91 Å². The lowest BCUT2D eigenvalue weighted by atomic mass is 9.66. The number of carbonyl (C=O) groups is 2. The van der Waals surface area contributed by atoms with E-state index in [0.29, 0.717) is 29.0 Å². The fourth-order valence-electron chi connectivity index (χ4n) is 6.71. The molecule has 40 heavy (non-hydrogen) atoms. The van der Waals surface area contributed by atoms with Gasteiger partial charge in [0.1, 0.15) is 23.1 Å². The van der Waals surface area contributed by atoms with Gasteiger partial charge in [-0.25, -0.2) is 4.79 Å². The van der Waals surface area contributed by atoms with E-state index in [9.17, 15) is 9.59 Å². The van der Waals surface area contributed by atoms with Crippen LogP contribution in [0.2, 0.25) is 0 Å². The van der Waals surface area contributed by atoms with Crippen LogP contribution in [-0.2, 0) is 9.53 Å². The Balaban J connectivity index is 1.64. The standard InChI is InChI=1S/C31H47N5O4/c1-19-25(20(2)36-35-19)27-24(39-6)17-23(18-32-27)33-29(37)28(34-30(38)40-31(3,4)5)26(21-13-9-7-10-14-21)22-15-11-8-12-16-22/h17-18,21-22,26,28H,7-16H2,1-6H3,(H,33,37)(H,34,38)(H,35,36)/t28-/m0/s1. The number of aromatic nitrogens is 3. The van der Waals surface area contributed by atoms with Crippen LogP contribution < -0.4 is 15.4 Å². The molecular formula is C31H47N5O4. The molecule has 9 heteroatoms. The Morgan fingerprint density at radius 1 is 1.00 bits per heavy atom. The highest BCUT2D eigenvalue weighted by Crippen LogP contribution is 2.42. The van der Waals surface area contributed by atoms with Crippen molar-refractivity contribution < 1.29 is 19.1 Å². The molecule has 0 radical (unpaired) electrons. The molecule has 9 nitrogen and oxygen atoms in total. The molecule has 2 amide bonds. The number of ether oxygens (including phenoxy) is 2. The van der Waals surface area contributed by atoms with Gasteiger partial charge >= 0.3 is 6.09 Å². The Kier molecular flexibility index (Phi) is 9.74. The molecule has 2 saturated carbocycles. The number of alkyl carbamates (subject to hydrolysis) is 1. The van der Waals surface area contributed by atoms with Crippen molar-refractivity contribution in [2.45, 2.75) is 110 Å². The Morgan fingerprint density at radius 2 is 1.60 bits per heavy atom. The van der Waals surface area contributed by atoms with Crippen molar-refractivity contribution in [3.8, 4) is 17.0 Å². The van der Waals surface area contributed by atoms with Crippen LogP contribution in [-0.4, -0.2) is 45.9 Å². The van der Waals surface area contributed by atoms with E-state index in [1.807, 2.05) is 34.6 Å². The summed E-state index contributed by atoms with van der Waals surface area (Å²) >= 11 is 0. The molecule has 2 aromatic rings. The summed E-state index contributed by atoms with van der Waals surface area (Å²) in [6.45, 7) is 9.37. The summed E-state index contributed by atoms with van der Waals surface area (Å²) in [5, 5.41) is 13.4. The second-order valence-corrected chi connectivity index (χ2v) is 12.6. The van der Waals surface area contributed by atoms with Gasteiger partial charge in [0.05, 0.1) is 24.7 Å². The third-order valence-electron chi connectivity index (χ3n) is 8.43. The van der Waals surface area contributed by atoms with Crippen LogP contribution in [0.5, 0.6) is 5.75 Å². The average molecular weight is 554 g/mol. The number of amides is 2. The molecule has 1 atom stereocenters. The lowest BCUT2D eigenvalue weighted by molar-refractivity contribution is -0.121. The maximum Gasteiger partial charge on any atom is 0.408 e. The monoisotopic (exact) mass is 553 g/mol. The van der Waals surface area contributed by atoms with Crippen molar-refractivity contribution in [3.63, 3.8) is 0 Å². The number of aryl methyl sites for hydroxylation is 2. The quantitative estimate of drug-likeness (QED) is 0.334. The number of anilines is 1. The molecule has 0 aromatic carbocycles. The molecule has 0 unspecified atom stereocenters. The number of hydrogen-bond acceptors (Lipinski definition) is 6. The topological polar surface area (TPSA) is 118 Å². The van der Waals surface area contributed by atoms with Crippen LogP contribution in [0.25, 0.3) is 11.3 Å². The minimum Gasteiger partial charge on any atom is -0.494 e. The number of aromatic amines is 1. The third-order valence-corrected chi connectivity index (χ3v) is 8.43. The predicted molar refractivity (Wildman–Crippen MR) is 156 cm³/mol. The first-order valence-corrected chi connectivity index (χ1v) is 14.9.